The zero-order valence-electron chi connectivity index (χ0n) is 9.10. The SMILES string of the molecule is COC(=O)C(C)CCSc1ccccc1. The molecule has 0 amide bonds. The zero-order valence-corrected chi connectivity index (χ0v) is 9.92. The van der Waals surface area contributed by atoms with E-state index in [0.717, 1.165) is 12.2 Å². The monoisotopic (exact) mass is 224 g/mol. The van der Waals surface area contributed by atoms with Crippen molar-refractivity contribution < 1.29 is 9.53 Å². The summed E-state index contributed by atoms with van der Waals surface area (Å²) >= 11 is 1.77. The van der Waals surface area contributed by atoms with E-state index in [9.17, 15) is 4.79 Å². The van der Waals surface area contributed by atoms with Gasteiger partial charge in [-0.15, -0.1) is 11.8 Å². The van der Waals surface area contributed by atoms with Gasteiger partial charge in [0.25, 0.3) is 0 Å². The summed E-state index contributed by atoms with van der Waals surface area (Å²) in [5.41, 5.74) is 0. The summed E-state index contributed by atoms with van der Waals surface area (Å²) in [6.45, 7) is 1.90. The van der Waals surface area contributed by atoms with Crippen molar-refractivity contribution in [3.05, 3.63) is 30.3 Å². The summed E-state index contributed by atoms with van der Waals surface area (Å²) in [4.78, 5) is 12.4. The Morgan fingerprint density at radius 1 is 1.40 bits per heavy atom. The van der Waals surface area contributed by atoms with Gasteiger partial charge in [0.2, 0.25) is 0 Å². The van der Waals surface area contributed by atoms with Gasteiger partial charge in [-0.2, -0.15) is 0 Å². The Morgan fingerprint density at radius 3 is 2.67 bits per heavy atom. The smallest absolute Gasteiger partial charge is 0.308 e. The highest BCUT2D eigenvalue weighted by Gasteiger charge is 2.12. The number of ether oxygens (including phenoxy) is 1. The molecule has 0 aliphatic rings. The molecule has 0 fully saturated rings. The van der Waals surface area contributed by atoms with Gasteiger partial charge in [-0.1, -0.05) is 25.1 Å². The quantitative estimate of drug-likeness (QED) is 0.568. The third kappa shape index (κ3) is 4.38. The second kappa shape index (κ2) is 6.51. The van der Waals surface area contributed by atoms with Crippen LogP contribution in [0.15, 0.2) is 35.2 Å². The zero-order chi connectivity index (χ0) is 11.1. The molecule has 15 heavy (non-hydrogen) atoms. The Hall–Kier alpha value is -0.960. The van der Waals surface area contributed by atoms with E-state index in [0.29, 0.717) is 0 Å². The lowest BCUT2D eigenvalue weighted by atomic mass is 10.1. The van der Waals surface area contributed by atoms with Gasteiger partial charge in [0.15, 0.2) is 0 Å². The Bertz CT molecular complexity index is 298. The molecule has 0 aliphatic heterocycles. The standard InChI is InChI=1S/C12H16O2S/c1-10(12(13)14-2)8-9-15-11-6-4-3-5-7-11/h3-7,10H,8-9H2,1-2H3. The van der Waals surface area contributed by atoms with Gasteiger partial charge in [0.05, 0.1) is 13.0 Å². The van der Waals surface area contributed by atoms with Crippen molar-refractivity contribution in [2.24, 2.45) is 5.92 Å². The molecular formula is C12H16O2S. The number of hydrogen-bond donors (Lipinski definition) is 0. The Labute approximate surface area is 95.0 Å². The molecule has 0 aromatic heterocycles. The molecule has 0 spiro atoms. The predicted octanol–water partition coefficient (Wildman–Crippen LogP) is 2.98. The van der Waals surface area contributed by atoms with Crippen LogP contribution in [0, 0.1) is 5.92 Å². The second-order valence-corrected chi connectivity index (χ2v) is 4.54. The molecule has 1 aromatic rings. The van der Waals surface area contributed by atoms with Crippen LogP contribution < -0.4 is 0 Å². The molecule has 0 saturated carbocycles. The molecule has 2 nitrogen and oxygen atoms in total. The van der Waals surface area contributed by atoms with Gasteiger partial charge in [-0.25, -0.2) is 0 Å². The molecule has 0 bridgehead atoms. The maximum Gasteiger partial charge on any atom is 0.308 e. The summed E-state index contributed by atoms with van der Waals surface area (Å²) in [5, 5.41) is 0. The van der Waals surface area contributed by atoms with Crippen molar-refractivity contribution in [3.8, 4) is 0 Å². The molecule has 1 unspecified atom stereocenters. The van der Waals surface area contributed by atoms with E-state index in [-0.39, 0.29) is 11.9 Å². The van der Waals surface area contributed by atoms with Gasteiger partial charge >= 0.3 is 5.97 Å². The minimum absolute atomic E-state index is 0.00814. The molecule has 0 aliphatic carbocycles. The van der Waals surface area contributed by atoms with Crippen LogP contribution in [0.25, 0.3) is 0 Å². The number of benzene rings is 1. The minimum atomic E-state index is -0.122. The molecule has 1 rings (SSSR count). The summed E-state index contributed by atoms with van der Waals surface area (Å²) in [7, 11) is 1.43. The van der Waals surface area contributed by atoms with Crippen LogP contribution in [0.3, 0.4) is 0 Å². The number of rotatable bonds is 5. The van der Waals surface area contributed by atoms with E-state index in [1.807, 2.05) is 25.1 Å². The molecule has 0 saturated heterocycles. The normalized spacial score (nSPS) is 12.1. The topological polar surface area (TPSA) is 26.3 Å². The van der Waals surface area contributed by atoms with Crippen LogP contribution in [0.5, 0.6) is 0 Å². The average Bonchev–Trinajstić information content (AvgIpc) is 2.29. The Kier molecular flexibility index (Phi) is 5.26. The van der Waals surface area contributed by atoms with Crippen LogP contribution in [0.4, 0.5) is 0 Å². The van der Waals surface area contributed by atoms with E-state index < -0.39 is 0 Å². The van der Waals surface area contributed by atoms with E-state index >= 15 is 0 Å². The first-order chi connectivity index (χ1) is 7.24. The van der Waals surface area contributed by atoms with E-state index in [1.54, 1.807) is 11.8 Å². The van der Waals surface area contributed by atoms with Crippen LogP contribution >= 0.6 is 11.8 Å². The van der Waals surface area contributed by atoms with Crippen molar-refractivity contribution in [1.29, 1.82) is 0 Å². The van der Waals surface area contributed by atoms with Crippen molar-refractivity contribution in [3.63, 3.8) is 0 Å². The van der Waals surface area contributed by atoms with E-state index in [4.69, 9.17) is 0 Å². The summed E-state index contributed by atoms with van der Waals surface area (Å²) in [6, 6.07) is 10.2. The highest BCUT2D eigenvalue weighted by atomic mass is 32.2. The predicted molar refractivity (Wildman–Crippen MR) is 63.0 cm³/mol. The Morgan fingerprint density at radius 2 is 2.07 bits per heavy atom. The van der Waals surface area contributed by atoms with E-state index in [2.05, 4.69) is 16.9 Å². The molecule has 1 aromatic carbocycles. The molecule has 0 radical (unpaired) electrons. The van der Waals surface area contributed by atoms with Crippen LogP contribution in [-0.4, -0.2) is 18.8 Å². The number of hydrogen-bond acceptors (Lipinski definition) is 3. The molecular weight excluding hydrogens is 208 g/mol. The first-order valence-electron chi connectivity index (χ1n) is 4.99. The fourth-order valence-corrected chi connectivity index (χ4v) is 2.25. The van der Waals surface area contributed by atoms with Gasteiger partial charge in [-0.3, -0.25) is 4.79 Å². The van der Waals surface area contributed by atoms with Gasteiger partial charge in [0, 0.05) is 4.90 Å². The van der Waals surface area contributed by atoms with Crippen molar-refractivity contribution in [2.75, 3.05) is 12.9 Å². The molecule has 0 heterocycles. The third-order valence-corrected chi connectivity index (χ3v) is 3.21. The van der Waals surface area contributed by atoms with Gasteiger partial charge in [0.1, 0.15) is 0 Å². The summed E-state index contributed by atoms with van der Waals surface area (Å²) in [5.74, 6) is 0.815. The second-order valence-electron chi connectivity index (χ2n) is 3.37. The van der Waals surface area contributed by atoms with Crippen molar-refractivity contribution in [2.45, 2.75) is 18.2 Å². The maximum absolute atomic E-state index is 11.1. The molecule has 82 valence electrons. The largest absolute Gasteiger partial charge is 0.469 e. The number of methoxy groups -OCH3 is 1. The fourth-order valence-electron chi connectivity index (χ4n) is 1.19. The minimum Gasteiger partial charge on any atom is -0.469 e. The van der Waals surface area contributed by atoms with Crippen LogP contribution in [0.2, 0.25) is 0 Å². The maximum atomic E-state index is 11.1. The van der Waals surface area contributed by atoms with Crippen molar-refractivity contribution in [1.82, 2.24) is 0 Å². The number of carbonyl (C=O) groups is 1. The number of esters is 1. The highest BCUT2D eigenvalue weighted by Crippen LogP contribution is 2.20. The van der Waals surface area contributed by atoms with E-state index in [1.165, 1.54) is 12.0 Å². The molecule has 1 atom stereocenters. The highest BCUT2D eigenvalue weighted by molar-refractivity contribution is 7.99. The number of carbonyl (C=O) groups excluding carboxylic acids is 1. The average molecular weight is 224 g/mol. The van der Waals surface area contributed by atoms with Gasteiger partial charge in [-0.05, 0) is 24.3 Å². The molecule has 0 N–H and O–H groups in total. The first kappa shape index (κ1) is 12.1. The third-order valence-electron chi connectivity index (χ3n) is 2.17. The lowest BCUT2D eigenvalue weighted by Crippen LogP contribution is -2.13. The lowest BCUT2D eigenvalue weighted by Gasteiger charge is -2.08. The summed E-state index contributed by atoms with van der Waals surface area (Å²) < 4.78 is 4.67. The Balaban J connectivity index is 2.25. The fraction of sp³-hybridized carbons (Fsp3) is 0.417. The summed E-state index contributed by atoms with van der Waals surface area (Å²) in [6.07, 6.45) is 0.853. The van der Waals surface area contributed by atoms with Crippen LogP contribution in [-0.2, 0) is 9.53 Å². The lowest BCUT2D eigenvalue weighted by molar-refractivity contribution is -0.144. The molecule has 3 heteroatoms. The van der Waals surface area contributed by atoms with Crippen molar-refractivity contribution >= 4 is 17.7 Å². The van der Waals surface area contributed by atoms with Crippen LogP contribution in [0.1, 0.15) is 13.3 Å². The number of thioether (sulfide) groups is 1. The van der Waals surface area contributed by atoms with Gasteiger partial charge < -0.3 is 4.74 Å². The first-order valence-corrected chi connectivity index (χ1v) is 5.98.